The summed E-state index contributed by atoms with van der Waals surface area (Å²) < 4.78 is 39.6. The van der Waals surface area contributed by atoms with Crippen molar-refractivity contribution in [3.05, 3.63) is 42.4 Å². The van der Waals surface area contributed by atoms with Gasteiger partial charge in [0.1, 0.15) is 5.76 Å². The van der Waals surface area contributed by atoms with Crippen molar-refractivity contribution in [3.8, 4) is 11.5 Å². The highest BCUT2D eigenvalue weighted by Crippen LogP contribution is 2.29. The molecule has 0 atom stereocenters. The summed E-state index contributed by atoms with van der Waals surface area (Å²) in [7, 11) is -0.867. The predicted molar refractivity (Wildman–Crippen MR) is 82.8 cm³/mol. The van der Waals surface area contributed by atoms with E-state index in [0.717, 1.165) is 5.76 Å². The fraction of sp³-hybridized carbons (Fsp3) is 0.333. The lowest BCUT2D eigenvalue weighted by Crippen LogP contribution is -2.24. The lowest BCUT2D eigenvalue weighted by Gasteiger charge is -2.11. The Morgan fingerprint density at radius 1 is 1.13 bits per heavy atom. The molecule has 23 heavy (non-hydrogen) atoms. The Labute approximate surface area is 135 Å². The minimum Gasteiger partial charge on any atom is -0.493 e. The molecule has 1 aromatic carbocycles. The van der Waals surface area contributed by atoms with Gasteiger partial charge in [-0.3, -0.25) is 4.84 Å². The molecule has 1 aromatic heterocycles. The average molecular weight is 341 g/mol. The summed E-state index contributed by atoms with van der Waals surface area (Å²) in [4.78, 5) is 7.15. The molecule has 0 spiro atoms. The lowest BCUT2D eigenvalue weighted by molar-refractivity contribution is 0.0905. The van der Waals surface area contributed by atoms with E-state index >= 15 is 0 Å². The predicted octanol–water partition coefficient (Wildman–Crippen LogP) is 2.14. The van der Waals surface area contributed by atoms with Crippen LogP contribution in [0, 0.1) is 0 Å². The van der Waals surface area contributed by atoms with Crippen LogP contribution in [0.5, 0.6) is 11.5 Å². The Morgan fingerprint density at radius 2 is 1.91 bits per heavy atom. The van der Waals surface area contributed by atoms with E-state index in [0.29, 0.717) is 24.3 Å². The van der Waals surface area contributed by atoms with Crippen molar-refractivity contribution in [3.63, 3.8) is 0 Å². The standard InChI is InChI=1S/C15H19NO6S/c1-19-14-8-7-13(11-15(14)20-2)23(17,18)16-22-10-4-6-12-5-3-9-21-12/h3,5,7-9,11,16H,4,6,10H2,1-2H3. The number of methoxy groups -OCH3 is 2. The molecule has 2 aromatic rings. The van der Waals surface area contributed by atoms with Crippen LogP contribution in [0.25, 0.3) is 0 Å². The Morgan fingerprint density at radius 3 is 2.57 bits per heavy atom. The molecule has 0 radical (unpaired) electrons. The molecule has 0 bridgehead atoms. The molecule has 2 rings (SSSR count). The van der Waals surface area contributed by atoms with Crippen LogP contribution in [0.3, 0.4) is 0 Å². The van der Waals surface area contributed by atoms with E-state index in [4.69, 9.17) is 18.7 Å². The summed E-state index contributed by atoms with van der Waals surface area (Å²) in [6.07, 6.45) is 2.89. The highest BCUT2D eigenvalue weighted by molar-refractivity contribution is 7.89. The number of benzene rings is 1. The van der Waals surface area contributed by atoms with Crippen molar-refractivity contribution in [2.75, 3.05) is 20.8 Å². The van der Waals surface area contributed by atoms with Crippen LogP contribution in [-0.4, -0.2) is 29.2 Å². The van der Waals surface area contributed by atoms with Gasteiger partial charge in [0.05, 0.1) is 32.0 Å². The van der Waals surface area contributed by atoms with E-state index in [9.17, 15) is 8.42 Å². The van der Waals surface area contributed by atoms with Crippen LogP contribution in [-0.2, 0) is 21.3 Å². The highest BCUT2D eigenvalue weighted by atomic mass is 32.2. The van der Waals surface area contributed by atoms with Crippen LogP contribution >= 0.6 is 0 Å². The van der Waals surface area contributed by atoms with Gasteiger partial charge in [0.15, 0.2) is 11.5 Å². The molecule has 8 heteroatoms. The van der Waals surface area contributed by atoms with Crippen molar-refractivity contribution < 1.29 is 27.1 Å². The van der Waals surface area contributed by atoms with E-state index in [1.54, 1.807) is 12.3 Å². The van der Waals surface area contributed by atoms with Gasteiger partial charge < -0.3 is 13.9 Å². The molecular formula is C15H19NO6S. The molecule has 1 N–H and O–H groups in total. The number of hydrogen-bond donors (Lipinski definition) is 1. The van der Waals surface area contributed by atoms with E-state index in [1.807, 2.05) is 6.07 Å². The third kappa shape index (κ3) is 4.72. The largest absolute Gasteiger partial charge is 0.493 e. The minimum absolute atomic E-state index is 0.0289. The van der Waals surface area contributed by atoms with Crippen molar-refractivity contribution in [1.82, 2.24) is 4.89 Å². The quantitative estimate of drug-likeness (QED) is 0.555. The van der Waals surface area contributed by atoms with Crippen molar-refractivity contribution in [2.45, 2.75) is 17.7 Å². The zero-order valence-electron chi connectivity index (χ0n) is 12.9. The first kappa shape index (κ1) is 17.3. The summed E-state index contributed by atoms with van der Waals surface area (Å²) in [6.45, 7) is 0.229. The summed E-state index contributed by atoms with van der Waals surface area (Å²) in [5.74, 6) is 1.61. The van der Waals surface area contributed by atoms with E-state index in [-0.39, 0.29) is 11.5 Å². The second-order valence-corrected chi connectivity index (χ2v) is 6.28. The minimum atomic E-state index is -3.78. The first-order valence-electron chi connectivity index (χ1n) is 6.95. The van der Waals surface area contributed by atoms with Gasteiger partial charge in [0, 0.05) is 12.5 Å². The van der Waals surface area contributed by atoms with Gasteiger partial charge in [-0.05, 0) is 30.7 Å². The molecule has 126 valence electrons. The molecule has 0 unspecified atom stereocenters. The molecular weight excluding hydrogens is 322 g/mol. The van der Waals surface area contributed by atoms with Crippen LogP contribution < -0.4 is 14.4 Å². The topological polar surface area (TPSA) is 87.0 Å². The Kier molecular flexibility index (Phi) is 6.03. The molecule has 0 aliphatic carbocycles. The molecule has 0 saturated carbocycles. The van der Waals surface area contributed by atoms with E-state index in [1.165, 1.54) is 32.4 Å². The number of ether oxygens (including phenoxy) is 2. The number of nitrogens with one attached hydrogen (secondary N) is 1. The zero-order valence-corrected chi connectivity index (χ0v) is 13.8. The number of sulfonamides is 1. The summed E-state index contributed by atoms with van der Waals surface area (Å²) >= 11 is 0. The Hall–Kier alpha value is -2.03. The fourth-order valence-electron chi connectivity index (χ4n) is 1.92. The second-order valence-electron chi connectivity index (χ2n) is 4.63. The smallest absolute Gasteiger partial charge is 0.262 e. The van der Waals surface area contributed by atoms with Crippen LogP contribution in [0.15, 0.2) is 45.9 Å². The first-order chi connectivity index (χ1) is 11.1. The van der Waals surface area contributed by atoms with Gasteiger partial charge in [0.25, 0.3) is 10.0 Å². The van der Waals surface area contributed by atoms with Gasteiger partial charge >= 0.3 is 0 Å². The van der Waals surface area contributed by atoms with Gasteiger partial charge in [0.2, 0.25) is 0 Å². The lowest BCUT2D eigenvalue weighted by atomic mass is 10.3. The monoisotopic (exact) mass is 341 g/mol. The number of furan rings is 1. The highest BCUT2D eigenvalue weighted by Gasteiger charge is 2.17. The fourth-order valence-corrected chi connectivity index (χ4v) is 2.77. The molecule has 0 aliphatic heterocycles. The Balaban J connectivity index is 1.88. The van der Waals surface area contributed by atoms with E-state index in [2.05, 4.69) is 4.89 Å². The molecule has 0 aliphatic rings. The van der Waals surface area contributed by atoms with Crippen LogP contribution in [0.4, 0.5) is 0 Å². The normalized spacial score (nSPS) is 11.4. The Bertz CT molecular complexity index is 712. The van der Waals surface area contributed by atoms with Gasteiger partial charge in [-0.15, -0.1) is 0 Å². The third-order valence-electron chi connectivity index (χ3n) is 3.08. The van der Waals surface area contributed by atoms with Crippen molar-refractivity contribution in [2.24, 2.45) is 0 Å². The zero-order chi connectivity index (χ0) is 16.7. The van der Waals surface area contributed by atoms with Crippen molar-refractivity contribution >= 4 is 10.0 Å². The summed E-state index contributed by atoms with van der Waals surface area (Å²) in [5.41, 5.74) is 0. The first-order valence-corrected chi connectivity index (χ1v) is 8.43. The maximum Gasteiger partial charge on any atom is 0.262 e. The van der Waals surface area contributed by atoms with Gasteiger partial charge in [-0.2, -0.15) is 0 Å². The maximum absolute atomic E-state index is 12.1. The molecule has 0 fully saturated rings. The number of hydrogen-bond acceptors (Lipinski definition) is 6. The number of rotatable bonds is 9. The maximum atomic E-state index is 12.1. The summed E-state index contributed by atoms with van der Waals surface area (Å²) in [5, 5.41) is 0. The van der Waals surface area contributed by atoms with Crippen LogP contribution in [0.2, 0.25) is 0 Å². The van der Waals surface area contributed by atoms with Crippen LogP contribution in [0.1, 0.15) is 12.2 Å². The number of aryl methyl sites for hydroxylation is 1. The third-order valence-corrected chi connectivity index (χ3v) is 4.30. The molecule has 0 amide bonds. The van der Waals surface area contributed by atoms with Gasteiger partial charge in [-0.1, -0.05) is 4.89 Å². The molecule has 1 heterocycles. The second kappa shape index (κ2) is 8.00. The van der Waals surface area contributed by atoms with Crippen molar-refractivity contribution in [1.29, 1.82) is 0 Å². The SMILES string of the molecule is COc1ccc(S(=O)(=O)NOCCCc2ccco2)cc1OC. The summed E-state index contributed by atoms with van der Waals surface area (Å²) in [6, 6.07) is 7.96. The molecule has 0 saturated heterocycles. The van der Waals surface area contributed by atoms with Gasteiger partial charge in [-0.25, -0.2) is 8.42 Å². The average Bonchev–Trinajstić information content (AvgIpc) is 3.07. The van der Waals surface area contributed by atoms with E-state index < -0.39 is 10.0 Å². The molecule has 7 nitrogen and oxygen atoms in total.